The summed E-state index contributed by atoms with van der Waals surface area (Å²) in [5, 5.41) is 20.0. The van der Waals surface area contributed by atoms with Gasteiger partial charge < -0.3 is 10.2 Å². The van der Waals surface area contributed by atoms with E-state index in [0.717, 1.165) is 11.1 Å². The van der Waals surface area contributed by atoms with Gasteiger partial charge in [-0.3, -0.25) is 0 Å². The second-order valence-corrected chi connectivity index (χ2v) is 7.10. The Hall–Kier alpha value is -1.18. The first kappa shape index (κ1) is 17.8. The van der Waals surface area contributed by atoms with E-state index in [0.29, 0.717) is 5.75 Å². The van der Waals surface area contributed by atoms with E-state index >= 15 is 0 Å². The van der Waals surface area contributed by atoms with Gasteiger partial charge in [0.1, 0.15) is 11.5 Å². The molecule has 0 radical (unpaired) electrons. The highest BCUT2D eigenvalue weighted by Crippen LogP contribution is 2.41. The molecule has 0 spiro atoms. The van der Waals surface area contributed by atoms with Gasteiger partial charge in [-0.1, -0.05) is 61.8 Å². The number of aromatic hydroxyl groups is 2. The predicted molar refractivity (Wildman–Crippen MR) is 83.1 cm³/mol. The fourth-order valence-electron chi connectivity index (χ4n) is 1.76. The number of benzene rings is 1. The molecule has 2 N–H and O–H groups in total. The van der Waals surface area contributed by atoms with Crippen molar-refractivity contribution in [2.75, 3.05) is 0 Å². The third kappa shape index (κ3) is 5.14. The molecule has 2 heteroatoms. The van der Waals surface area contributed by atoms with Crippen molar-refractivity contribution in [1.82, 2.24) is 0 Å². The quantitative estimate of drug-likeness (QED) is 0.641. The van der Waals surface area contributed by atoms with Crippen molar-refractivity contribution in [3.05, 3.63) is 23.3 Å². The maximum atomic E-state index is 10.3. The van der Waals surface area contributed by atoms with E-state index in [1.54, 1.807) is 12.1 Å². The van der Waals surface area contributed by atoms with Gasteiger partial charge in [0.15, 0.2) is 0 Å². The lowest BCUT2D eigenvalue weighted by Crippen LogP contribution is -2.16. The zero-order valence-electron chi connectivity index (χ0n) is 13.8. The lowest BCUT2D eigenvalue weighted by molar-refractivity contribution is 0.413. The summed E-state index contributed by atoms with van der Waals surface area (Å²) in [6, 6.07) is 3.29. The summed E-state index contributed by atoms with van der Waals surface area (Å²) in [6.07, 6.45) is 1.25. The normalized spacial score (nSPS) is 11.8. The fourth-order valence-corrected chi connectivity index (χ4v) is 1.76. The largest absolute Gasteiger partial charge is 0.508 e. The van der Waals surface area contributed by atoms with Gasteiger partial charge in [-0.2, -0.15) is 0 Å². The van der Waals surface area contributed by atoms with Crippen LogP contribution in [0.4, 0.5) is 0 Å². The third-order valence-electron chi connectivity index (χ3n) is 2.71. The predicted octanol–water partition coefficient (Wildman–Crippen LogP) is 5.11. The first-order chi connectivity index (χ1) is 8.45. The van der Waals surface area contributed by atoms with Gasteiger partial charge >= 0.3 is 0 Å². The number of hydrogen-bond acceptors (Lipinski definition) is 2. The molecule has 1 rings (SSSR count). The maximum absolute atomic E-state index is 10.3. The van der Waals surface area contributed by atoms with Crippen molar-refractivity contribution < 1.29 is 10.2 Å². The van der Waals surface area contributed by atoms with Crippen LogP contribution in [-0.4, -0.2) is 10.2 Å². The average Bonchev–Trinajstić information content (AvgIpc) is 2.19. The standard InChI is InChI=1S/C14H22O2.C3H8/c1-13(2,3)10-7-9(15)8-11(12(10)16)14(4,5)6;1-3-2/h7-8,15-16H,1-6H3;3H2,1-2H3. The maximum Gasteiger partial charge on any atom is 0.123 e. The molecule has 0 heterocycles. The van der Waals surface area contributed by atoms with Crippen LogP contribution in [0.15, 0.2) is 12.1 Å². The fraction of sp³-hybridized carbons (Fsp3) is 0.647. The molecule has 2 nitrogen and oxygen atoms in total. The second kappa shape index (κ2) is 6.31. The van der Waals surface area contributed by atoms with Crippen LogP contribution in [0, 0.1) is 0 Å². The van der Waals surface area contributed by atoms with E-state index in [2.05, 4.69) is 13.8 Å². The molecule has 0 saturated carbocycles. The highest BCUT2D eigenvalue weighted by Gasteiger charge is 2.26. The molecule has 0 aromatic heterocycles. The molecular formula is C17H30O2. The molecule has 0 saturated heterocycles. The highest BCUT2D eigenvalue weighted by atomic mass is 16.3. The van der Waals surface area contributed by atoms with Crippen molar-refractivity contribution in [1.29, 1.82) is 0 Å². The van der Waals surface area contributed by atoms with Crippen molar-refractivity contribution in [3.8, 4) is 11.5 Å². The minimum absolute atomic E-state index is 0.178. The third-order valence-corrected chi connectivity index (χ3v) is 2.71. The summed E-state index contributed by atoms with van der Waals surface area (Å²) in [6.45, 7) is 16.4. The van der Waals surface area contributed by atoms with Crippen LogP contribution < -0.4 is 0 Å². The van der Waals surface area contributed by atoms with Crippen LogP contribution >= 0.6 is 0 Å². The van der Waals surface area contributed by atoms with Gasteiger partial charge in [-0.25, -0.2) is 0 Å². The minimum Gasteiger partial charge on any atom is -0.508 e. The van der Waals surface area contributed by atoms with Crippen LogP contribution in [-0.2, 0) is 10.8 Å². The smallest absolute Gasteiger partial charge is 0.123 e. The number of rotatable bonds is 0. The van der Waals surface area contributed by atoms with Gasteiger partial charge in [0, 0.05) is 11.1 Å². The van der Waals surface area contributed by atoms with Gasteiger partial charge in [-0.05, 0) is 23.0 Å². The van der Waals surface area contributed by atoms with Crippen molar-refractivity contribution >= 4 is 0 Å². The van der Waals surface area contributed by atoms with E-state index in [1.165, 1.54) is 6.42 Å². The molecule has 1 aromatic carbocycles. The SMILES string of the molecule is CC(C)(C)c1cc(O)cc(C(C)(C)C)c1O.CCC. The van der Waals surface area contributed by atoms with E-state index < -0.39 is 0 Å². The summed E-state index contributed by atoms with van der Waals surface area (Å²) in [5.41, 5.74) is 1.22. The summed E-state index contributed by atoms with van der Waals surface area (Å²) in [5.74, 6) is 0.519. The Morgan fingerprint density at radius 3 is 1.26 bits per heavy atom. The molecule has 0 aliphatic rings. The van der Waals surface area contributed by atoms with Crippen LogP contribution in [0.25, 0.3) is 0 Å². The Bertz CT molecular complexity index is 371. The zero-order chi connectivity index (χ0) is 15.4. The zero-order valence-corrected chi connectivity index (χ0v) is 13.8. The summed E-state index contributed by atoms with van der Waals surface area (Å²) < 4.78 is 0. The second-order valence-electron chi connectivity index (χ2n) is 7.10. The first-order valence-corrected chi connectivity index (χ1v) is 7.02. The van der Waals surface area contributed by atoms with Gasteiger partial charge in [-0.15, -0.1) is 0 Å². The molecular weight excluding hydrogens is 236 g/mol. The molecule has 0 amide bonds. The monoisotopic (exact) mass is 266 g/mol. The summed E-state index contributed by atoms with van der Waals surface area (Å²) in [4.78, 5) is 0. The van der Waals surface area contributed by atoms with Gasteiger partial charge in [0.05, 0.1) is 0 Å². The molecule has 0 aliphatic carbocycles. The molecule has 0 atom stereocenters. The van der Waals surface area contributed by atoms with E-state index in [4.69, 9.17) is 0 Å². The Labute approximate surface area is 118 Å². The molecule has 19 heavy (non-hydrogen) atoms. The minimum atomic E-state index is -0.178. The van der Waals surface area contributed by atoms with Crippen molar-refractivity contribution in [3.63, 3.8) is 0 Å². The Balaban J connectivity index is 0.000000982. The summed E-state index contributed by atoms with van der Waals surface area (Å²) >= 11 is 0. The van der Waals surface area contributed by atoms with Crippen molar-refractivity contribution in [2.24, 2.45) is 0 Å². The number of phenols is 2. The average molecular weight is 266 g/mol. The number of phenolic OH excluding ortho intramolecular Hbond substituents is 2. The van der Waals surface area contributed by atoms with Crippen LogP contribution in [0.5, 0.6) is 11.5 Å². The van der Waals surface area contributed by atoms with Crippen LogP contribution in [0.2, 0.25) is 0 Å². The van der Waals surface area contributed by atoms with E-state index in [-0.39, 0.29) is 16.6 Å². The summed E-state index contributed by atoms with van der Waals surface area (Å²) in [7, 11) is 0. The molecule has 0 fully saturated rings. The van der Waals surface area contributed by atoms with Crippen LogP contribution in [0.3, 0.4) is 0 Å². The lowest BCUT2D eigenvalue weighted by Gasteiger charge is -2.27. The van der Waals surface area contributed by atoms with Crippen molar-refractivity contribution in [2.45, 2.75) is 72.6 Å². The lowest BCUT2D eigenvalue weighted by atomic mass is 9.79. The first-order valence-electron chi connectivity index (χ1n) is 7.02. The van der Waals surface area contributed by atoms with Gasteiger partial charge in [0.25, 0.3) is 0 Å². The Kier molecular flexibility index (Phi) is 5.92. The number of hydrogen-bond donors (Lipinski definition) is 2. The molecule has 1 aromatic rings. The molecule has 0 bridgehead atoms. The van der Waals surface area contributed by atoms with Crippen LogP contribution in [0.1, 0.15) is 72.9 Å². The van der Waals surface area contributed by atoms with E-state index in [9.17, 15) is 10.2 Å². The van der Waals surface area contributed by atoms with E-state index in [1.807, 2.05) is 41.5 Å². The Morgan fingerprint density at radius 1 is 0.789 bits per heavy atom. The molecule has 0 unspecified atom stereocenters. The highest BCUT2D eigenvalue weighted by molar-refractivity contribution is 5.51. The van der Waals surface area contributed by atoms with Gasteiger partial charge in [0.2, 0.25) is 0 Å². The topological polar surface area (TPSA) is 40.5 Å². The molecule has 0 aliphatic heterocycles. The Morgan fingerprint density at radius 2 is 1.05 bits per heavy atom. The molecule has 110 valence electrons.